The number of carbonyl (C=O) groups excluding carboxylic acids is 1. The van der Waals surface area contributed by atoms with Gasteiger partial charge in [-0.05, 0) is 11.6 Å². The van der Waals surface area contributed by atoms with Gasteiger partial charge in [0.2, 0.25) is 0 Å². The summed E-state index contributed by atoms with van der Waals surface area (Å²) in [5.74, 6) is 0. The monoisotopic (exact) mass is 199 g/mol. The summed E-state index contributed by atoms with van der Waals surface area (Å²) in [6.45, 7) is 0.444. The van der Waals surface area contributed by atoms with Crippen LogP contribution in [0.2, 0.25) is 5.15 Å². The van der Waals surface area contributed by atoms with Crippen molar-refractivity contribution >= 4 is 17.6 Å². The van der Waals surface area contributed by atoms with Crippen molar-refractivity contribution in [1.29, 1.82) is 0 Å². The van der Waals surface area contributed by atoms with Crippen molar-refractivity contribution in [2.75, 3.05) is 7.05 Å². The fourth-order valence-electron chi connectivity index (χ4n) is 0.852. The standard InChI is InChI=1S/C8H10ClN3O/c1-12(8(10)13)5-6-2-3-7(9)11-4-6/h2-4H,5H2,1H3,(H2,10,13). The normalized spacial score (nSPS) is 9.69. The van der Waals surface area contributed by atoms with Gasteiger partial charge in [-0.15, -0.1) is 0 Å². The van der Waals surface area contributed by atoms with Crippen molar-refractivity contribution in [3.63, 3.8) is 0 Å². The zero-order chi connectivity index (χ0) is 9.84. The number of hydrogen-bond acceptors (Lipinski definition) is 2. The second kappa shape index (κ2) is 4.09. The maximum Gasteiger partial charge on any atom is 0.314 e. The maximum atomic E-state index is 10.7. The first-order valence-electron chi connectivity index (χ1n) is 3.70. The lowest BCUT2D eigenvalue weighted by Crippen LogP contribution is -2.31. The Morgan fingerprint density at radius 3 is 2.85 bits per heavy atom. The van der Waals surface area contributed by atoms with Crippen molar-refractivity contribution in [3.05, 3.63) is 29.0 Å². The Bertz CT molecular complexity index is 299. The highest BCUT2D eigenvalue weighted by molar-refractivity contribution is 6.29. The predicted molar refractivity (Wildman–Crippen MR) is 50.3 cm³/mol. The van der Waals surface area contributed by atoms with Crippen LogP contribution in [0.15, 0.2) is 18.3 Å². The van der Waals surface area contributed by atoms with Crippen molar-refractivity contribution in [3.8, 4) is 0 Å². The molecule has 1 aromatic rings. The first-order chi connectivity index (χ1) is 6.09. The lowest BCUT2D eigenvalue weighted by atomic mass is 10.3. The van der Waals surface area contributed by atoms with Crippen LogP contribution in [0.1, 0.15) is 5.56 Å². The molecule has 0 fully saturated rings. The predicted octanol–water partition coefficient (Wildman–Crippen LogP) is 1.25. The number of hydrogen-bond donors (Lipinski definition) is 1. The number of nitrogens with zero attached hydrogens (tertiary/aromatic N) is 2. The van der Waals surface area contributed by atoms with Gasteiger partial charge in [-0.1, -0.05) is 17.7 Å². The van der Waals surface area contributed by atoms with Crippen molar-refractivity contribution < 1.29 is 4.79 Å². The summed E-state index contributed by atoms with van der Waals surface area (Å²) < 4.78 is 0. The quantitative estimate of drug-likeness (QED) is 0.729. The van der Waals surface area contributed by atoms with Crippen LogP contribution in [0.3, 0.4) is 0 Å². The van der Waals surface area contributed by atoms with Crippen LogP contribution in [0.4, 0.5) is 4.79 Å². The van der Waals surface area contributed by atoms with Gasteiger partial charge in [0, 0.05) is 19.8 Å². The molecular weight excluding hydrogens is 190 g/mol. The van der Waals surface area contributed by atoms with Gasteiger partial charge < -0.3 is 10.6 Å². The molecule has 5 heteroatoms. The van der Waals surface area contributed by atoms with E-state index in [0.717, 1.165) is 5.56 Å². The fourth-order valence-corrected chi connectivity index (χ4v) is 0.964. The molecule has 0 aromatic carbocycles. The van der Waals surface area contributed by atoms with Crippen LogP contribution in [0.25, 0.3) is 0 Å². The van der Waals surface area contributed by atoms with Gasteiger partial charge in [0.15, 0.2) is 0 Å². The Balaban J connectivity index is 2.64. The largest absolute Gasteiger partial charge is 0.351 e. The highest BCUT2D eigenvalue weighted by Crippen LogP contribution is 2.06. The van der Waals surface area contributed by atoms with Crippen LogP contribution in [-0.2, 0) is 6.54 Å². The summed E-state index contributed by atoms with van der Waals surface area (Å²) in [5, 5.41) is 0.436. The Kier molecular flexibility index (Phi) is 3.08. The molecule has 0 spiro atoms. The zero-order valence-electron chi connectivity index (χ0n) is 7.20. The molecule has 0 bridgehead atoms. The molecule has 0 unspecified atom stereocenters. The van der Waals surface area contributed by atoms with Crippen LogP contribution < -0.4 is 5.73 Å². The van der Waals surface area contributed by atoms with Gasteiger partial charge in [0.05, 0.1) is 0 Å². The number of pyridine rings is 1. The van der Waals surface area contributed by atoms with Crippen molar-refractivity contribution in [2.45, 2.75) is 6.54 Å². The highest BCUT2D eigenvalue weighted by atomic mass is 35.5. The Hall–Kier alpha value is -1.29. The van der Waals surface area contributed by atoms with E-state index in [1.54, 1.807) is 25.4 Å². The van der Waals surface area contributed by atoms with Crippen LogP contribution in [0, 0.1) is 0 Å². The minimum absolute atomic E-state index is 0.436. The number of primary amides is 1. The van der Waals surface area contributed by atoms with E-state index in [1.807, 2.05) is 0 Å². The molecular formula is C8H10ClN3O. The molecule has 2 amide bonds. The summed E-state index contributed by atoms with van der Waals surface area (Å²) in [6.07, 6.45) is 1.61. The fraction of sp³-hybridized carbons (Fsp3) is 0.250. The molecule has 2 N–H and O–H groups in total. The summed E-state index contributed by atoms with van der Waals surface area (Å²) in [4.78, 5) is 15.9. The van der Waals surface area contributed by atoms with Crippen LogP contribution in [-0.4, -0.2) is 23.0 Å². The third kappa shape index (κ3) is 2.91. The van der Waals surface area contributed by atoms with Gasteiger partial charge in [0.1, 0.15) is 5.15 Å². The number of urea groups is 1. The van der Waals surface area contributed by atoms with E-state index in [2.05, 4.69) is 4.98 Å². The molecule has 0 radical (unpaired) electrons. The third-order valence-corrected chi connectivity index (χ3v) is 1.81. The van der Waals surface area contributed by atoms with Gasteiger partial charge in [-0.3, -0.25) is 0 Å². The lowest BCUT2D eigenvalue weighted by Gasteiger charge is -2.13. The molecule has 70 valence electrons. The third-order valence-electron chi connectivity index (χ3n) is 1.58. The summed E-state index contributed by atoms with van der Waals surface area (Å²) in [6, 6.07) is 3.01. The van der Waals surface area contributed by atoms with Crippen molar-refractivity contribution in [1.82, 2.24) is 9.88 Å². The Morgan fingerprint density at radius 2 is 2.38 bits per heavy atom. The van der Waals surface area contributed by atoms with Gasteiger partial charge in [-0.2, -0.15) is 0 Å². The molecule has 0 atom stereocenters. The Morgan fingerprint density at radius 1 is 1.69 bits per heavy atom. The van der Waals surface area contributed by atoms with Crippen molar-refractivity contribution in [2.24, 2.45) is 5.73 Å². The minimum Gasteiger partial charge on any atom is -0.351 e. The molecule has 0 aliphatic heterocycles. The van der Waals surface area contributed by atoms with E-state index >= 15 is 0 Å². The Labute approximate surface area is 81.3 Å². The number of amides is 2. The molecule has 0 saturated heterocycles. The number of nitrogens with two attached hydrogens (primary N) is 1. The summed E-state index contributed by atoms with van der Waals surface area (Å²) in [7, 11) is 1.62. The molecule has 0 saturated carbocycles. The molecule has 0 aliphatic carbocycles. The number of rotatable bonds is 2. The smallest absolute Gasteiger partial charge is 0.314 e. The zero-order valence-corrected chi connectivity index (χ0v) is 7.95. The minimum atomic E-state index is -0.463. The summed E-state index contributed by atoms with van der Waals surface area (Å²) in [5.41, 5.74) is 5.95. The van der Waals surface area contributed by atoms with E-state index < -0.39 is 6.03 Å². The molecule has 13 heavy (non-hydrogen) atoms. The second-order valence-corrected chi connectivity index (χ2v) is 3.07. The number of aromatic nitrogens is 1. The van der Waals surface area contributed by atoms with E-state index in [0.29, 0.717) is 11.7 Å². The van der Waals surface area contributed by atoms with Gasteiger partial charge >= 0.3 is 6.03 Å². The molecule has 1 rings (SSSR count). The first kappa shape index (κ1) is 9.80. The van der Waals surface area contributed by atoms with E-state index in [4.69, 9.17) is 17.3 Å². The van der Waals surface area contributed by atoms with E-state index in [-0.39, 0.29) is 0 Å². The maximum absolute atomic E-state index is 10.7. The molecule has 1 heterocycles. The van der Waals surface area contributed by atoms with Gasteiger partial charge in [0.25, 0.3) is 0 Å². The van der Waals surface area contributed by atoms with E-state index in [9.17, 15) is 4.79 Å². The first-order valence-corrected chi connectivity index (χ1v) is 4.08. The van der Waals surface area contributed by atoms with Crippen LogP contribution in [0.5, 0.6) is 0 Å². The number of carbonyl (C=O) groups is 1. The van der Waals surface area contributed by atoms with Crippen LogP contribution >= 0.6 is 11.6 Å². The van der Waals surface area contributed by atoms with Gasteiger partial charge in [-0.25, -0.2) is 9.78 Å². The van der Waals surface area contributed by atoms with E-state index in [1.165, 1.54) is 4.90 Å². The molecule has 1 aromatic heterocycles. The highest BCUT2D eigenvalue weighted by Gasteiger charge is 2.03. The molecule has 0 aliphatic rings. The SMILES string of the molecule is CN(Cc1ccc(Cl)nc1)C(N)=O. The topological polar surface area (TPSA) is 59.2 Å². The molecule has 4 nitrogen and oxygen atoms in total. The lowest BCUT2D eigenvalue weighted by molar-refractivity contribution is 0.216. The average Bonchev–Trinajstić information content (AvgIpc) is 2.08. The summed E-state index contributed by atoms with van der Waals surface area (Å²) >= 11 is 5.59. The average molecular weight is 200 g/mol. The number of halogens is 1. The second-order valence-electron chi connectivity index (χ2n) is 2.68.